The minimum Gasteiger partial charge on any atom is -0.497 e. The molecule has 5 aromatic rings. The Labute approximate surface area is 187 Å². The molecule has 0 bridgehead atoms. The van der Waals surface area contributed by atoms with E-state index in [0.717, 1.165) is 34.3 Å². The fraction of sp³-hybridized carbons (Fsp3) is 0.0357. The molecule has 156 valence electrons. The minimum absolute atomic E-state index is 0.730. The van der Waals surface area contributed by atoms with Gasteiger partial charge in [0.1, 0.15) is 17.2 Å². The van der Waals surface area contributed by atoms with E-state index in [-0.39, 0.29) is 0 Å². The molecular formula is C28H22N2O2. The van der Waals surface area contributed by atoms with Crippen LogP contribution in [0.15, 0.2) is 114 Å². The lowest BCUT2D eigenvalue weighted by Crippen LogP contribution is -1.97. The molecule has 4 nitrogen and oxygen atoms in total. The lowest BCUT2D eigenvalue weighted by molar-refractivity contribution is 0.409. The molecule has 0 aliphatic heterocycles. The standard InChI is InChI=1S/C28H22N2O2/c1-31-27-9-4-10-28(19-27)32-26-15-12-23(13-16-26)29-20-25-8-5-17-30(25)24-14-11-21-6-2-3-7-22(21)18-24/h2-20H,1H3. The lowest BCUT2D eigenvalue weighted by Gasteiger charge is -2.08. The van der Waals surface area contributed by atoms with Crippen molar-refractivity contribution in [3.8, 4) is 22.9 Å². The summed E-state index contributed by atoms with van der Waals surface area (Å²) in [6, 6.07) is 34.2. The van der Waals surface area contributed by atoms with E-state index in [9.17, 15) is 0 Å². The van der Waals surface area contributed by atoms with E-state index in [2.05, 4.69) is 64.3 Å². The zero-order valence-corrected chi connectivity index (χ0v) is 17.7. The summed E-state index contributed by atoms with van der Waals surface area (Å²) in [6.07, 6.45) is 3.93. The van der Waals surface area contributed by atoms with Crippen molar-refractivity contribution >= 4 is 22.7 Å². The first kappa shape index (κ1) is 19.6. The van der Waals surface area contributed by atoms with E-state index >= 15 is 0 Å². The maximum atomic E-state index is 5.90. The van der Waals surface area contributed by atoms with Gasteiger partial charge in [0.25, 0.3) is 0 Å². The van der Waals surface area contributed by atoms with Crippen LogP contribution < -0.4 is 9.47 Å². The van der Waals surface area contributed by atoms with Crippen molar-refractivity contribution in [2.45, 2.75) is 0 Å². The number of methoxy groups -OCH3 is 1. The number of aromatic nitrogens is 1. The van der Waals surface area contributed by atoms with Crippen LogP contribution in [0.3, 0.4) is 0 Å². The topological polar surface area (TPSA) is 35.8 Å². The van der Waals surface area contributed by atoms with Crippen LogP contribution in [-0.2, 0) is 0 Å². The number of ether oxygens (including phenoxy) is 2. The first-order valence-electron chi connectivity index (χ1n) is 10.4. The van der Waals surface area contributed by atoms with Crippen molar-refractivity contribution in [1.82, 2.24) is 4.57 Å². The Hall–Kier alpha value is -4.31. The zero-order chi connectivity index (χ0) is 21.8. The van der Waals surface area contributed by atoms with Crippen LogP contribution in [0.1, 0.15) is 5.69 Å². The molecule has 0 unspecified atom stereocenters. The highest BCUT2D eigenvalue weighted by Gasteiger charge is 2.03. The Balaban J connectivity index is 1.33. The molecule has 1 heterocycles. The highest BCUT2D eigenvalue weighted by molar-refractivity contribution is 5.86. The summed E-state index contributed by atoms with van der Waals surface area (Å²) < 4.78 is 13.3. The molecule has 0 atom stereocenters. The fourth-order valence-corrected chi connectivity index (χ4v) is 3.60. The Bertz CT molecular complexity index is 1380. The van der Waals surface area contributed by atoms with Gasteiger partial charge in [0, 0.05) is 18.0 Å². The third kappa shape index (κ3) is 4.25. The largest absolute Gasteiger partial charge is 0.497 e. The number of hydrogen-bond donors (Lipinski definition) is 0. The number of nitrogens with zero attached hydrogens (tertiary/aromatic N) is 2. The Morgan fingerprint density at radius 2 is 1.50 bits per heavy atom. The highest BCUT2D eigenvalue weighted by Crippen LogP contribution is 2.27. The van der Waals surface area contributed by atoms with Crippen molar-refractivity contribution in [2.75, 3.05) is 7.11 Å². The number of aliphatic imine (C=N–C) groups is 1. The minimum atomic E-state index is 0.730. The molecule has 0 saturated heterocycles. The first-order chi connectivity index (χ1) is 15.8. The Kier molecular flexibility index (Phi) is 5.41. The van der Waals surface area contributed by atoms with Gasteiger partial charge >= 0.3 is 0 Å². The Morgan fingerprint density at radius 3 is 2.34 bits per heavy atom. The summed E-state index contributed by atoms with van der Waals surface area (Å²) in [5.41, 5.74) is 2.98. The highest BCUT2D eigenvalue weighted by atomic mass is 16.5. The van der Waals surface area contributed by atoms with Crippen LogP contribution in [0.25, 0.3) is 16.5 Å². The molecule has 1 aromatic heterocycles. The molecule has 0 aliphatic rings. The monoisotopic (exact) mass is 418 g/mol. The average molecular weight is 418 g/mol. The van der Waals surface area contributed by atoms with E-state index in [1.807, 2.05) is 60.8 Å². The third-order valence-electron chi connectivity index (χ3n) is 5.25. The predicted molar refractivity (Wildman–Crippen MR) is 130 cm³/mol. The molecular weight excluding hydrogens is 396 g/mol. The zero-order valence-electron chi connectivity index (χ0n) is 17.7. The van der Waals surface area contributed by atoms with Crippen molar-refractivity contribution in [1.29, 1.82) is 0 Å². The third-order valence-corrected chi connectivity index (χ3v) is 5.25. The molecule has 0 fully saturated rings. The van der Waals surface area contributed by atoms with Crippen LogP contribution in [0, 0.1) is 0 Å². The van der Waals surface area contributed by atoms with Gasteiger partial charge in [-0.2, -0.15) is 0 Å². The Morgan fingerprint density at radius 1 is 0.688 bits per heavy atom. The van der Waals surface area contributed by atoms with E-state index in [0.29, 0.717) is 0 Å². The van der Waals surface area contributed by atoms with Gasteiger partial charge in [0.2, 0.25) is 0 Å². The summed E-state index contributed by atoms with van der Waals surface area (Å²) in [5.74, 6) is 2.24. The van der Waals surface area contributed by atoms with Gasteiger partial charge < -0.3 is 14.0 Å². The van der Waals surface area contributed by atoms with E-state index in [4.69, 9.17) is 9.47 Å². The molecule has 0 amide bonds. The molecule has 0 N–H and O–H groups in total. The maximum absolute atomic E-state index is 5.90. The number of fused-ring (bicyclic) bond motifs is 1. The van der Waals surface area contributed by atoms with Gasteiger partial charge in [0.05, 0.1) is 24.7 Å². The summed E-state index contributed by atoms with van der Waals surface area (Å²) >= 11 is 0. The lowest BCUT2D eigenvalue weighted by atomic mass is 10.1. The summed E-state index contributed by atoms with van der Waals surface area (Å²) in [5, 5.41) is 2.45. The molecule has 0 spiro atoms. The van der Waals surface area contributed by atoms with Crippen LogP contribution in [0.2, 0.25) is 0 Å². The van der Waals surface area contributed by atoms with E-state index < -0.39 is 0 Å². The van der Waals surface area contributed by atoms with Crippen molar-refractivity contribution in [3.63, 3.8) is 0 Å². The molecule has 0 radical (unpaired) electrons. The van der Waals surface area contributed by atoms with Crippen LogP contribution in [0.5, 0.6) is 17.2 Å². The van der Waals surface area contributed by atoms with Crippen molar-refractivity contribution in [2.24, 2.45) is 4.99 Å². The maximum Gasteiger partial charge on any atom is 0.131 e. The molecule has 0 aliphatic carbocycles. The van der Waals surface area contributed by atoms with E-state index in [1.165, 1.54) is 10.8 Å². The number of rotatable bonds is 6. The van der Waals surface area contributed by atoms with E-state index in [1.54, 1.807) is 7.11 Å². The number of benzene rings is 4. The van der Waals surface area contributed by atoms with Gasteiger partial charge in [0.15, 0.2) is 0 Å². The predicted octanol–water partition coefficient (Wildman–Crippen LogP) is 7.18. The number of hydrogen-bond acceptors (Lipinski definition) is 3. The second-order valence-electron chi connectivity index (χ2n) is 7.37. The molecule has 5 rings (SSSR count). The van der Waals surface area contributed by atoms with Crippen LogP contribution in [0.4, 0.5) is 5.69 Å². The quantitative estimate of drug-likeness (QED) is 0.274. The van der Waals surface area contributed by atoms with Crippen LogP contribution in [-0.4, -0.2) is 17.9 Å². The fourth-order valence-electron chi connectivity index (χ4n) is 3.60. The van der Waals surface area contributed by atoms with Gasteiger partial charge in [-0.15, -0.1) is 0 Å². The molecule has 4 aromatic carbocycles. The molecule has 32 heavy (non-hydrogen) atoms. The normalized spacial score (nSPS) is 11.2. The second kappa shape index (κ2) is 8.82. The van der Waals surface area contributed by atoms with Gasteiger partial charge in [-0.05, 0) is 71.4 Å². The molecule has 4 heteroatoms. The van der Waals surface area contributed by atoms with Gasteiger partial charge in [-0.3, -0.25) is 4.99 Å². The smallest absolute Gasteiger partial charge is 0.131 e. The van der Waals surface area contributed by atoms with Crippen LogP contribution >= 0.6 is 0 Å². The first-order valence-corrected chi connectivity index (χ1v) is 10.4. The average Bonchev–Trinajstić information content (AvgIpc) is 3.32. The SMILES string of the molecule is COc1cccc(Oc2ccc(N=Cc3cccn3-c3ccc4ccccc4c3)cc2)c1. The summed E-state index contributed by atoms with van der Waals surface area (Å²) in [4.78, 5) is 4.65. The van der Waals surface area contributed by atoms with Crippen molar-refractivity contribution < 1.29 is 9.47 Å². The summed E-state index contributed by atoms with van der Waals surface area (Å²) in [7, 11) is 1.64. The second-order valence-corrected chi connectivity index (χ2v) is 7.37. The summed E-state index contributed by atoms with van der Waals surface area (Å²) in [6.45, 7) is 0. The van der Waals surface area contributed by atoms with Gasteiger partial charge in [-0.1, -0.05) is 36.4 Å². The van der Waals surface area contributed by atoms with Gasteiger partial charge in [-0.25, -0.2) is 0 Å². The van der Waals surface area contributed by atoms with Crippen molar-refractivity contribution in [3.05, 3.63) is 115 Å². The molecule has 0 saturated carbocycles.